The molecule has 3 rings (SSSR count). The van der Waals surface area contributed by atoms with Crippen LogP contribution < -0.4 is 5.32 Å². The molecule has 0 radical (unpaired) electrons. The van der Waals surface area contributed by atoms with Crippen LogP contribution >= 0.6 is 0 Å². The second-order valence-electron chi connectivity index (χ2n) is 5.49. The van der Waals surface area contributed by atoms with Crippen molar-refractivity contribution in [3.8, 4) is 0 Å². The maximum absolute atomic E-state index is 5.49. The highest BCUT2D eigenvalue weighted by molar-refractivity contribution is 5.03. The summed E-state index contributed by atoms with van der Waals surface area (Å²) in [5, 5.41) is 7.13. The Morgan fingerprint density at radius 2 is 1.88 bits per heavy atom. The highest BCUT2D eigenvalue weighted by atomic mass is 16.5. The molecule has 1 aromatic rings. The maximum atomic E-state index is 5.49. The summed E-state index contributed by atoms with van der Waals surface area (Å²) in [5.74, 6) is 3.87. The molecule has 1 aromatic heterocycles. The number of aromatic nitrogens is 2. The van der Waals surface area contributed by atoms with E-state index in [-0.39, 0.29) is 0 Å². The summed E-state index contributed by atoms with van der Waals surface area (Å²) in [4.78, 5) is 4.57. The zero-order chi connectivity index (χ0) is 11.7. The molecule has 2 saturated carbocycles. The number of nitrogens with one attached hydrogen (secondary N) is 1. The molecule has 1 heterocycles. The first-order chi connectivity index (χ1) is 8.38. The first kappa shape index (κ1) is 11.2. The van der Waals surface area contributed by atoms with E-state index in [0.29, 0.717) is 12.5 Å². The second kappa shape index (κ2) is 4.77. The first-order valence-corrected chi connectivity index (χ1v) is 6.85. The third kappa shape index (κ3) is 2.10. The average molecular weight is 235 g/mol. The maximum Gasteiger partial charge on any atom is 0.230 e. The molecule has 2 aliphatic rings. The fraction of sp³-hybridized carbons (Fsp3) is 0.846. The predicted molar refractivity (Wildman–Crippen MR) is 64.5 cm³/mol. The molecule has 0 aliphatic heterocycles. The Labute approximate surface area is 102 Å². The van der Waals surface area contributed by atoms with Crippen LogP contribution in [0.15, 0.2) is 4.52 Å². The normalized spacial score (nSPS) is 21.5. The van der Waals surface area contributed by atoms with Gasteiger partial charge in [0.2, 0.25) is 5.89 Å². The van der Waals surface area contributed by atoms with E-state index in [1.165, 1.54) is 38.5 Å². The summed E-state index contributed by atoms with van der Waals surface area (Å²) in [6.07, 6.45) is 8.17. The van der Waals surface area contributed by atoms with Gasteiger partial charge in [-0.3, -0.25) is 0 Å². The minimum Gasteiger partial charge on any atom is -0.339 e. The molecule has 0 bridgehead atoms. The fourth-order valence-electron chi connectivity index (χ4n) is 3.02. The lowest BCUT2D eigenvalue weighted by Gasteiger charge is -2.40. The topological polar surface area (TPSA) is 51.0 Å². The number of hydrogen-bond acceptors (Lipinski definition) is 4. The van der Waals surface area contributed by atoms with Crippen molar-refractivity contribution in [2.24, 2.45) is 11.8 Å². The molecule has 0 saturated heterocycles. The summed E-state index contributed by atoms with van der Waals surface area (Å²) >= 11 is 0. The summed E-state index contributed by atoms with van der Waals surface area (Å²) in [6, 6.07) is 0. The van der Waals surface area contributed by atoms with Gasteiger partial charge in [0, 0.05) is 5.92 Å². The molecular weight excluding hydrogens is 214 g/mol. The van der Waals surface area contributed by atoms with Crippen LogP contribution in [0.5, 0.6) is 0 Å². The quantitative estimate of drug-likeness (QED) is 0.851. The van der Waals surface area contributed by atoms with Crippen LogP contribution in [0.1, 0.15) is 56.2 Å². The van der Waals surface area contributed by atoms with Crippen molar-refractivity contribution in [1.82, 2.24) is 15.5 Å². The lowest BCUT2D eigenvalue weighted by atomic mass is 9.64. The lowest BCUT2D eigenvalue weighted by molar-refractivity contribution is 0.122. The van der Waals surface area contributed by atoms with E-state index in [9.17, 15) is 0 Å². The molecule has 4 heteroatoms. The van der Waals surface area contributed by atoms with Crippen molar-refractivity contribution in [2.75, 3.05) is 7.05 Å². The minimum atomic E-state index is 0.551. The summed E-state index contributed by atoms with van der Waals surface area (Å²) in [5.41, 5.74) is 0. The Hall–Kier alpha value is -0.900. The van der Waals surface area contributed by atoms with Gasteiger partial charge in [-0.05, 0) is 44.6 Å². The molecule has 0 amide bonds. The molecule has 0 unspecified atom stereocenters. The first-order valence-electron chi connectivity index (χ1n) is 6.85. The monoisotopic (exact) mass is 235 g/mol. The third-order valence-electron chi connectivity index (χ3n) is 4.42. The van der Waals surface area contributed by atoms with Gasteiger partial charge in [0.15, 0.2) is 5.82 Å². The van der Waals surface area contributed by atoms with Crippen LogP contribution in [0.25, 0.3) is 0 Å². The minimum absolute atomic E-state index is 0.551. The van der Waals surface area contributed by atoms with Gasteiger partial charge >= 0.3 is 0 Å². The fourth-order valence-corrected chi connectivity index (χ4v) is 3.02. The molecule has 4 nitrogen and oxygen atoms in total. The van der Waals surface area contributed by atoms with Crippen LogP contribution in [0.3, 0.4) is 0 Å². The van der Waals surface area contributed by atoms with E-state index in [0.717, 1.165) is 23.6 Å². The second-order valence-corrected chi connectivity index (χ2v) is 5.49. The lowest BCUT2D eigenvalue weighted by Crippen LogP contribution is -2.30. The van der Waals surface area contributed by atoms with Crippen molar-refractivity contribution in [3.05, 3.63) is 11.7 Å². The average Bonchev–Trinajstić information content (AvgIpc) is 2.60. The summed E-state index contributed by atoms with van der Waals surface area (Å²) < 4.78 is 5.49. The van der Waals surface area contributed by atoms with Crippen LogP contribution in [0.2, 0.25) is 0 Å². The van der Waals surface area contributed by atoms with Gasteiger partial charge in [-0.25, -0.2) is 0 Å². The molecule has 0 atom stereocenters. The Kier molecular flexibility index (Phi) is 3.14. The van der Waals surface area contributed by atoms with E-state index in [1.54, 1.807) is 0 Å². The number of hydrogen-bond donors (Lipinski definition) is 1. The van der Waals surface area contributed by atoms with E-state index in [1.807, 2.05) is 7.05 Å². The smallest absolute Gasteiger partial charge is 0.230 e. The van der Waals surface area contributed by atoms with Crippen LogP contribution in [0.4, 0.5) is 0 Å². The SMILES string of the molecule is CNCc1noc(C(C2CCC2)C2CCC2)n1. The third-order valence-corrected chi connectivity index (χ3v) is 4.42. The Bertz CT molecular complexity index is 354. The summed E-state index contributed by atoms with van der Waals surface area (Å²) in [6.45, 7) is 0.700. The van der Waals surface area contributed by atoms with Crippen molar-refractivity contribution < 1.29 is 4.52 Å². The largest absolute Gasteiger partial charge is 0.339 e. The van der Waals surface area contributed by atoms with Gasteiger partial charge in [0.05, 0.1) is 6.54 Å². The van der Waals surface area contributed by atoms with Crippen LogP contribution in [0, 0.1) is 11.8 Å². The molecular formula is C13H21N3O. The molecule has 1 N–H and O–H groups in total. The Morgan fingerprint density at radius 3 is 2.35 bits per heavy atom. The van der Waals surface area contributed by atoms with E-state index < -0.39 is 0 Å². The van der Waals surface area contributed by atoms with Crippen molar-refractivity contribution >= 4 is 0 Å². The van der Waals surface area contributed by atoms with Crippen molar-refractivity contribution in [1.29, 1.82) is 0 Å². The van der Waals surface area contributed by atoms with Crippen LogP contribution in [-0.4, -0.2) is 17.2 Å². The highest BCUT2D eigenvalue weighted by Gasteiger charge is 2.40. The molecule has 0 aromatic carbocycles. The van der Waals surface area contributed by atoms with Gasteiger partial charge in [-0.2, -0.15) is 4.98 Å². The Morgan fingerprint density at radius 1 is 1.24 bits per heavy atom. The zero-order valence-corrected chi connectivity index (χ0v) is 10.5. The molecule has 94 valence electrons. The molecule has 2 fully saturated rings. The standard InChI is InChI=1S/C13H21N3O/c1-14-8-11-15-13(17-16-11)12(9-4-2-5-9)10-6-3-7-10/h9-10,12,14H,2-8H2,1H3. The van der Waals surface area contributed by atoms with Gasteiger partial charge in [0.25, 0.3) is 0 Å². The molecule has 0 spiro atoms. The van der Waals surface area contributed by atoms with Gasteiger partial charge in [0.1, 0.15) is 0 Å². The zero-order valence-electron chi connectivity index (χ0n) is 10.5. The van der Waals surface area contributed by atoms with Gasteiger partial charge in [-0.1, -0.05) is 18.0 Å². The number of nitrogens with zero attached hydrogens (tertiary/aromatic N) is 2. The van der Waals surface area contributed by atoms with E-state index >= 15 is 0 Å². The highest BCUT2D eigenvalue weighted by Crippen LogP contribution is 2.49. The van der Waals surface area contributed by atoms with Gasteiger partial charge in [-0.15, -0.1) is 0 Å². The predicted octanol–water partition coefficient (Wildman–Crippen LogP) is 2.47. The van der Waals surface area contributed by atoms with Gasteiger partial charge < -0.3 is 9.84 Å². The van der Waals surface area contributed by atoms with Crippen LogP contribution in [-0.2, 0) is 6.54 Å². The molecule has 2 aliphatic carbocycles. The van der Waals surface area contributed by atoms with E-state index in [2.05, 4.69) is 15.5 Å². The number of rotatable bonds is 5. The molecule has 17 heavy (non-hydrogen) atoms. The van der Waals surface area contributed by atoms with Crippen molar-refractivity contribution in [2.45, 2.75) is 51.0 Å². The van der Waals surface area contributed by atoms with Crippen molar-refractivity contribution in [3.63, 3.8) is 0 Å². The summed E-state index contributed by atoms with van der Waals surface area (Å²) in [7, 11) is 1.91. The van der Waals surface area contributed by atoms with E-state index in [4.69, 9.17) is 4.52 Å². The Balaban J connectivity index is 1.75.